The third kappa shape index (κ3) is 4.62. The number of piperidine rings is 1. The lowest BCUT2D eigenvalue weighted by molar-refractivity contribution is -0.122. The van der Waals surface area contributed by atoms with Gasteiger partial charge in [-0.1, -0.05) is 25.0 Å². The van der Waals surface area contributed by atoms with Crippen LogP contribution in [0.25, 0.3) is 0 Å². The third-order valence-electron chi connectivity index (χ3n) is 5.13. The fourth-order valence-corrected chi connectivity index (χ4v) is 4.58. The monoisotopic (exact) mass is 391 g/mol. The van der Waals surface area contributed by atoms with E-state index in [2.05, 4.69) is 17.2 Å². The second-order valence-corrected chi connectivity index (χ2v) is 9.19. The van der Waals surface area contributed by atoms with E-state index in [1.54, 1.807) is 12.2 Å². The topological polar surface area (TPSA) is 95.9 Å². The molecule has 0 bridgehead atoms. The molecule has 3 rings (SSSR count). The maximum Gasteiger partial charge on any atom is 0.249 e. The number of carbonyl (C=O) groups is 2. The van der Waals surface area contributed by atoms with Crippen LogP contribution in [0.15, 0.2) is 40.6 Å². The Morgan fingerprint density at radius 2 is 2.00 bits per heavy atom. The summed E-state index contributed by atoms with van der Waals surface area (Å²) in [5.74, 6) is -0.606. The van der Waals surface area contributed by atoms with Gasteiger partial charge in [-0.25, -0.2) is 17.7 Å². The molecule has 0 radical (unpaired) electrons. The van der Waals surface area contributed by atoms with Crippen molar-refractivity contribution in [2.45, 2.75) is 32.6 Å². The van der Waals surface area contributed by atoms with Crippen LogP contribution in [0, 0.1) is 11.8 Å². The molecule has 2 aliphatic heterocycles. The van der Waals surface area contributed by atoms with Crippen LogP contribution in [-0.2, 0) is 19.6 Å². The summed E-state index contributed by atoms with van der Waals surface area (Å²) in [4.78, 5) is 28.6. The first kappa shape index (κ1) is 19.7. The van der Waals surface area contributed by atoms with Gasteiger partial charge in [-0.3, -0.25) is 9.59 Å². The predicted molar refractivity (Wildman–Crippen MR) is 103 cm³/mol. The van der Waals surface area contributed by atoms with Crippen molar-refractivity contribution in [1.29, 1.82) is 0 Å². The van der Waals surface area contributed by atoms with Gasteiger partial charge in [0, 0.05) is 36.7 Å². The van der Waals surface area contributed by atoms with Crippen LogP contribution in [-0.4, -0.2) is 49.6 Å². The smallest absolute Gasteiger partial charge is 0.249 e. The summed E-state index contributed by atoms with van der Waals surface area (Å²) in [7, 11) is -3.21. The Kier molecular flexibility index (Phi) is 5.76. The molecule has 0 saturated carbocycles. The minimum absolute atomic E-state index is 0.0368. The molecular weight excluding hydrogens is 366 g/mol. The zero-order chi connectivity index (χ0) is 19.6. The lowest BCUT2D eigenvalue weighted by Gasteiger charge is -2.29. The molecule has 0 aromatic heterocycles. The van der Waals surface area contributed by atoms with Gasteiger partial charge in [0.25, 0.3) is 0 Å². The van der Waals surface area contributed by atoms with Crippen LogP contribution in [0.2, 0.25) is 0 Å². The van der Waals surface area contributed by atoms with E-state index in [1.165, 1.54) is 10.6 Å². The van der Waals surface area contributed by atoms with Gasteiger partial charge >= 0.3 is 0 Å². The van der Waals surface area contributed by atoms with Gasteiger partial charge in [-0.2, -0.15) is 0 Å². The van der Waals surface area contributed by atoms with Crippen molar-refractivity contribution < 1.29 is 18.0 Å². The molecule has 1 fully saturated rings. The second kappa shape index (κ2) is 7.90. The van der Waals surface area contributed by atoms with Gasteiger partial charge in [-0.15, -0.1) is 0 Å². The van der Waals surface area contributed by atoms with E-state index in [0.29, 0.717) is 31.6 Å². The summed E-state index contributed by atoms with van der Waals surface area (Å²) in [5.41, 5.74) is 2.35. The molecule has 0 spiro atoms. The van der Waals surface area contributed by atoms with Gasteiger partial charge in [0.1, 0.15) is 0 Å². The average molecular weight is 391 g/mol. The maximum atomic E-state index is 12.5. The van der Waals surface area contributed by atoms with E-state index in [4.69, 9.17) is 0 Å². The number of amides is 2. The molecule has 1 N–H and O–H groups in total. The zero-order valence-electron chi connectivity index (χ0n) is 15.6. The Hall–Kier alpha value is -2.06. The van der Waals surface area contributed by atoms with E-state index in [-0.39, 0.29) is 23.7 Å². The number of carbonyl (C=O) groups excluding carboxylic acids is 2. The highest BCUT2D eigenvalue weighted by Gasteiger charge is 2.30. The molecule has 1 atom stereocenters. The molecule has 1 aliphatic carbocycles. The quantitative estimate of drug-likeness (QED) is 0.786. The lowest BCUT2D eigenvalue weighted by atomic mass is 9.85. The van der Waals surface area contributed by atoms with Crippen molar-refractivity contribution in [3.8, 4) is 0 Å². The Bertz CT molecular complexity index is 859. The standard InChI is InChI=1S/C19H25N3O4S/c1-3-4-14-11-18(23)21-17-12-15(5-6-16(14)17)20-19(24)13-7-9-22(10-8-13)27(2,25)26/h5-6,11-13,16H,3-4,7-10H2,1-2H3,(H,21,23). The van der Waals surface area contributed by atoms with Crippen molar-refractivity contribution in [2.75, 3.05) is 19.3 Å². The van der Waals surface area contributed by atoms with Crippen molar-refractivity contribution in [3.63, 3.8) is 0 Å². The second-order valence-electron chi connectivity index (χ2n) is 7.21. The van der Waals surface area contributed by atoms with E-state index in [1.807, 2.05) is 12.2 Å². The van der Waals surface area contributed by atoms with Crippen LogP contribution in [0.5, 0.6) is 0 Å². The van der Waals surface area contributed by atoms with E-state index in [0.717, 1.165) is 24.1 Å². The normalized spacial score (nSPS) is 25.6. The van der Waals surface area contributed by atoms with E-state index in [9.17, 15) is 18.0 Å². The first-order valence-corrected chi connectivity index (χ1v) is 11.1. The Morgan fingerprint density at radius 3 is 2.63 bits per heavy atom. The summed E-state index contributed by atoms with van der Waals surface area (Å²) >= 11 is 0. The molecule has 0 aromatic rings. The summed E-state index contributed by atoms with van der Waals surface area (Å²) in [5, 5.41) is 2.84. The van der Waals surface area contributed by atoms with Crippen LogP contribution in [0.4, 0.5) is 0 Å². The van der Waals surface area contributed by atoms with Crippen LogP contribution >= 0.6 is 0 Å². The molecule has 2 amide bonds. The predicted octanol–water partition coefficient (Wildman–Crippen LogP) is 1.55. The van der Waals surface area contributed by atoms with Crippen molar-refractivity contribution in [3.05, 3.63) is 35.6 Å². The summed E-state index contributed by atoms with van der Waals surface area (Å²) in [6, 6.07) is 0. The zero-order valence-corrected chi connectivity index (χ0v) is 16.5. The maximum absolute atomic E-state index is 12.5. The van der Waals surface area contributed by atoms with Crippen LogP contribution in [0.1, 0.15) is 32.6 Å². The van der Waals surface area contributed by atoms with Gasteiger partial charge in [0.2, 0.25) is 21.8 Å². The highest BCUT2D eigenvalue weighted by Crippen LogP contribution is 2.30. The Balaban J connectivity index is 1.69. The number of allylic oxidation sites excluding steroid dienone is 3. The van der Waals surface area contributed by atoms with Gasteiger partial charge in [0.15, 0.2) is 0 Å². The number of rotatable bonds is 4. The summed E-state index contributed by atoms with van der Waals surface area (Å²) < 4.78 is 24.5. The molecular formula is C19H25N3O4S. The van der Waals surface area contributed by atoms with Gasteiger partial charge in [0.05, 0.1) is 12.0 Å². The lowest BCUT2D eigenvalue weighted by Crippen LogP contribution is -2.39. The first-order valence-electron chi connectivity index (χ1n) is 9.27. The molecule has 146 valence electrons. The summed E-state index contributed by atoms with van der Waals surface area (Å²) in [6.45, 7) is 2.77. The fraction of sp³-hybridized carbons (Fsp3) is 0.526. The highest BCUT2D eigenvalue weighted by molar-refractivity contribution is 7.88. The molecule has 0 aromatic carbocycles. The van der Waals surface area contributed by atoms with Crippen molar-refractivity contribution in [1.82, 2.24) is 9.62 Å². The SMILES string of the molecule is CCCC1=CC(=O)NC2=CC(=NC(=O)C3CCN(S(C)(=O)=O)CC3)C=CC12. The molecule has 8 heteroatoms. The Morgan fingerprint density at radius 1 is 1.30 bits per heavy atom. The van der Waals surface area contributed by atoms with Crippen LogP contribution < -0.4 is 5.32 Å². The largest absolute Gasteiger partial charge is 0.325 e. The number of nitrogens with one attached hydrogen (secondary N) is 1. The highest BCUT2D eigenvalue weighted by atomic mass is 32.2. The average Bonchev–Trinajstić information content (AvgIpc) is 2.61. The minimum Gasteiger partial charge on any atom is -0.325 e. The first-order chi connectivity index (χ1) is 12.8. The third-order valence-corrected chi connectivity index (χ3v) is 6.43. The van der Waals surface area contributed by atoms with Crippen molar-refractivity contribution >= 4 is 27.5 Å². The van der Waals surface area contributed by atoms with Crippen LogP contribution in [0.3, 0.4) is 0 Å². The van der Waals surface area contributed by atoms with E-state index < -0.39 is 10.0 Å². The van der Waals surface area contributed by atoms with Gasteiger partial charge < -0.3 is 5.32 Å². The molecule has 1 saturated heterocycles. The molecule has 1 unspecified atom stereocenters. The number of aliphatic imine (C=N–C) groups is 1. The number of hydrogen-bond donors (Lipinski definition) is 1. The number of hydrogen-bond acceptors (Lipinski definition) is 4. The van der Waals surface area contributed by atoms with E-state index >= 15 is 0 Å². The molecule has 3 aliphatic rings. The molecule has 27 heavy (non-hydrogen) atoms. The van der Waals surface area contributed by atoms with Gasteiger partial charge in [-0.05, 0) is 31.4 Å². The Labute approximate surface area is 160 Å². The molecule has 7 nitrogen and oxygen atoms in total. The minimum atomic E-state index is -3.21. The summed E-state index contributed by atoms with van der Waals surface area (Å²) in [6.07, 6.45) is 11.1. The number of sulfonamides is 1. The van der Waals surface area contributed by atoms with Crippen molar-refractivity contribution in [2.24, 2.45) is 16.8 Å². The fourth-order valence-electron chi connectivity index (χ4n) is 3.71. The number of nitrogens with zero attached hydrogens (tertiary/aromatic N) is 2. The number of fused-ring (bicyclic) bond motifs is 1. The molecule has 2 heterocycles.